The number of aromatic nitrogens is 3. The molecule has 0 fully saturated rings. The average molecular weight is 496 g/mol. The van der Waals surface area contributed by atoms with E-state index in [1.54, 1.807) is 18.3 Å². The zero-order valence-electron chi connectivity index (χ0n) is 18.8. The van der Waals surface area contributed by atoms with Gasteiger partial charge in [-0.2, -0.15) is 9.61 Å². The molecule has 0 bridgehead atoms. The highest BCUT2D eigenvalue weighted by atomic mass is 79.9. The minimum atomic E-state index is 0.343. The predicted molar refractivity (Wildman–Crippen MR) is 136 cm³/mol. The quantitative estimate of drug-likeness (QED) is 0.280. The van der Waals surface area contributed by atoms with Gasteiger partial charge in [-0.15, -0.1) is 0 Å². The van der Waals surface area contributed by atoms with Crippen molar-refractivity contribution < 1.29 is 5.11 Å². The number of fused-ring (bicyclic) bond motifs is 1. The molecule has 2 heterocycles. The number of nitrogens with zero attached hydrogens (tertiary/aromatic N) is 4. The van der Waals surface area contributed by atoms with Gasteiger partial charge >= 0.3 is 0 Å². The maximum Gasteiger partial charge on any atom is 0.172 e. The van der Waals surface area contributed by atoms with Crippen molar-refractivity contribution in [3.8, 4) is 5.75 Å². The van der Waals surface area contributed by atoms with Crippen LogP contribution in [0.3, 0.4) is 0 Å². The average Bonchev–Trinajstić information content (AvgIpc) is 3.16. The van der Waals surface area contributed by atoms with Crippen LogP contribution in [0.4, 0.5) is 5.82 Å². The summed E-state index contributed by atoms with van der Waals surface area (Å²) in [5.74, 6) is 1.24. The number of nitrogens with one attached hydrogen (secondary N) is 1. The van der Waals surface area contributed by atoms with Crippen LogP contribution in [0.25, 0.3) is 11.2 Å². The molecule has 7 heteroatoms. The van der Waals surface area contributed by atoms with Crippen molar-refractivity contribution >= 4 is 33.0 Å². The molecule has 168 valence electrons. The van der Waals surface area contributed by atoms with Gasteiger partial charge in [0, 0.05) is 24.7 Å². The van der Waals surface area contributed by atoms with Crippen molar-refractivity contribution in [2.75, 3.05) is 25.5 Å². The number of phenolic OH excluding ortho intramolecular Hbond substituents is 1. The number of phenols is 1. The van der Waals surface area contributed by atoms with Gasteiger partial charge in [-0.25, -0.2) is 4.98 Å². The summed E-state index contributed by atoms with van der Waals surface area (Å²) in [6.07, 6.45) is 8.44. The number of allylic oxidation sites excluding steroid dienone is 5. The van der Waals surface area contributed by atoms with Crippen LogP contribution in [-0.4, -0.2) is 44.7 Å². The topological polar surface area (TPSA) is 65.7 Å². The Morgan fingerprint density at radius 2 is 2.09 bits per heavy atom. The lowest BCUT2D eigenvalue weighted by Crippen LogP contribution is -2.21. The van der Waals surface area contributed by atoms with E-state index < -0.39 is 0 Å². The van der Waals surface area contributed by atoms with Gasteiger partial charge in [0.05, 0.1) is 16.4 Å². The molecule has 3 rings (SSSR count). The first kappa shape index (κ1) is 23.8. The van der Waals surface area contributed by atoms with E-state index in [1.807, 2.05) is 40.9 Å². The first-order chi connectivity index (χ1) is 15.4. The summed E-state index contributed by atoms with van der Waals surface area (Å²) in [6.45, 7) is 10.3. The number of hydrogen-bond acceptors (Lipinski definition) is 5. The molecule has 0 aliphatic carbocycles. The maximum atomic E-state index is 9.97. The SMILES string of the molecule is C=C/C=C\C(C)=C(/C)c1cc(NCCCN(C)Cc2ccccc2O)n2ncc(Br)c2n1. The Bertz CT molecular complexity index is 1150. The smallest absolute Gasteiger partial charge is 0.172 e. The molecule has 6 nitrogen and oxygen atoms in total. The lowest BCUT2D eigenvalue weighted by atomic mass is 10.1. The van der Waals surface area contributed by atoms with E-state index in [0.29, 0.717) is 12.3 Å². The molecule has 1 aromatic carbocycles. The molecule has 0 amide bonds. The Kier molecular flexibility index (Phi) is 8.25. The van der Waals surface area contributed by atoms with Crippen LogP contribution in [-0.2, 0) is 6.54 Å². The second-order valence-corrected chi connectivity index (χ2v) is 8.66. The van der Waals surface area contributed by atoms with Crippen molar-refractivity contribution in [1.29, 1.82) is 0 Å². The normalized spacial score (nSPS) is 12.5. The number of hydrogen-bond donors (Lipinski definition) is 2. The number of anilines is 1. The third-order valence-electron chi connectivity index (χ3n) is 5.34. The summed E-state index contributed by atoms with van der Waals surface area (Å²) in [7, 11) is 2.06. The molecule has 3 aromatic rings. The number of rotatable bonds is 10. The molecule has 0 radical (unpaired) electrons. The second-order valence-electron chi connectivity index (χ2n) is 7.80. The Morgan fingerprint density at radius 1 is 1.31 bits per heavy atom. The maximum absolute atomic E-state index is 9.97. The molecule has 0 saturated heterocycles. The van der Waals surface area contributed by atoms with Crippen LogP contribution in [0, 0.1) is 0 Å². The van der Waals surface area contributed by atoms with Gasteiger partial charge in [0.25, 0.3) is 0 Å². The molecule has 0 saturated carbocycles. The monoisotopic (exact) mass is 495 g/mol. The Hall–Kier alpha value is -2.90. The second kappa shape index (κ2) is 11.1. The first-order valence-electron chi connectivity index (χ1n) is 10.6. The van der Waals surface area contributed by atoms with Gasteiger partial charge in [-0.3, -0.25) is 0 Å². The summed E-state index contributed by atoms with van der Waals surface area (Å²) < 4.78 is 2.68. The highest BCUT2D eigenvalue weighted by Gasteiger charge is 2.12. The van der Waals surface area contributed by atoms with Crippen molar-refractivity contribution in [2.45, 2.75) is 26.8 Å². The van der Waals surface area contributed by atoms with E-state index >= 15 is 0 Å². The minimum Gasteiger partial charge on any atom is -0.508 e. The van der Waals surface area contributed by atoms with E-state index in [2.05, 4.69) is 58.7 Å². The Morgan fingerprint density at radius 3 is 2.84 bits per heavy atom. The number of halogens is 1. The van der Waals surface area contributed by atoms with Crippen molar-refractivity contribution in [3.63, 3.8) is 0 Å². The van der Waals surface area contributed by atoms with Crippen LogP contribution >= 0.6 is 15.9 Å². The Balaban J connectivity index is 1.69. The highest BCUT2D eigenvalue weighted by molar-refractivity contribution is 9.10. The fourth-order valence-electron chi connectivity index (χ4n) is 3.37. The third kappa shape index (κ3) is 5.87. The summed E-state index contributed by atoms with van der Waals surface area (Å²) in [4.78, 5) is 7.01. The van der Waals surface area contributed by atoms with Crippen LogP contribution in [0.1, 0.15) is 31.5 Å². The van der Waals surface area contributed by atoms with Gasteiger partial charge in [0.2, 0.25) is 0 Å². The lowest BCUT2D eigenvalue weighted by Gasteiger charge is -2.18. The molecule has 0 aliphatic rings. The van der Waals surface area contributed by atoms with Gasteiger partial charge in [-0.1, -0.05) is 43.0 Å². The third-order valence-corrected chi connectivity index (χ3v) is 5.90. The molecule has 2 N–H and O–H groups in total. The van der Waals surface area contributed by atoms with Crippen LogP contribution < -0.4 is 5.32 Å². The largest absolute Gasteiger partial charge is 0.508 e. The summed E-state index contributed by atoms with van der Waals surface area (Å²) >= 11 is 3.56. The molecule has 0 spiro atoms. The van der Waals surface area contributed by atoms with E-state index in [9.17, 15) is 5.11 Å². The lowest BCUT2D eigenvalue weighted by molar-refractivity contribution is 0.319. The van der Waals surface area contributed by atoms with Gasteiger partial charge in [0.15, 0.2) is 5.65 Å². The molecule has 0 unspecified atom stereocenters. The van der Waals surface area contributed by atoms with E-state index in [4.69, 9.17) is 4.98 Å². The standard InChI is InChI=1S/C25H30BrN5O/c1-5-6-10-18(2)19(3)22-15-24(31-25(29-22)21(26)16-28-31)27-13-9-14-30(4)17-20-11-7-8-12-23(20)32/h5-8,10-12,15-16,27,32H,1,9,13-14,17H2,2-4H3/b10-6-,19-18+. The van der Waals surface area contributed by atoms with Crippen LogP contribution in [0.5, 0.6) is 5.75 Å². The molecule has 32 heavy (non-hydrogen) atoms. The highest BCUT2D eigenvalue weighted by Crippen LogP contribution is 2.25. The predicted octanol–water partition coefficient (Wildman–Crippen LogP) is 5.67. The van der Waals surface area contributed by atoms with Gasteiger partial charge in [0.1, 0.15) is 11.6 Å². The van der Waals surface area contributed by atoms with Crippen molar-refractivity contribution in [1.82, 2.24) is 19.5 Å². The number of benzene rings is 1. The molecule has 0 aliphatic heterocycles. The fraction of sp³-hybridized carbons (Fsp3) is 0.280. The summed E-state index contributed by atoms with van der Waals surface area (Å²) in [5.41, 5.74) is 4.86. The van der Waals surface area contributed by atoms with Crippen molar-refractivity contribution in [3.05, 3.63) is 82.6 Å². The van der Waals surface area contributed by atoms with E-state index in [1.165, 1.54) is 0 Å². The van der Waals surface area contributed by atoms with E-state index in [0.717, 1.165) is 57.9 Å². The molecule has 0 atom stereocenters. The minimum absolute atomic E-state index is 0.343. The fourth-order valence-corrected chi connectivity index (χ4v) is 3.72. The number of para-hydroxylation sites is 1. The Labute approximate surface area is 198 Å². The number of aromatic hydroxyl groups is 1. The zero-order valence-corrected chi connectivity index (χ0v) is 20.4. The zero-order chi connectivity index (χ0) is 23.1. The molecular weight excluding hydrogens is 466 g/mol. The summed E-state index contributed by atoms with van der Waals surface area (Å²) in [5, 5.41) is 17.9. The van der Waals surface area contributed by atoms with Gasteiger partial charge < -0.3 is 15.3 Å². The molecule has 2 aromatic heterocycles. The van der Waals surface area contributed by atoms with E-state index in [-0.39, 0.29) is 0 Å². The van der Waals surface area contributed by atoms with Gasteiger partial charge in [-0.05, 0) is 67.0 Å². The van der Waals surface area contributed by atoms with Crippen molar-refractivity contribution in [2.24, 2.45) is 0 Å². The first-order valence-corrected chi connectivity index (χ1v) is 11.4. The van der Waals surface area contributed by atoms with Crippen LogP contribution in [0.2, 0.25) is 0 Å². The van der Waals surface area contributed by atoms with Crippen LogP contribution in [0.15, 0.2) is 71.4 Å². The molecular formula is C25H30BrN5O. The summed E-state index contributed by atoms with van der Waals surface area (Å²) in [6, 6.07) is 9.51.